The van der Waals surface area contributed by atoms with Crippen LogP contribution < -0.4 is 5.56 Å². The van der Waals surface area contributed by atoms with Crippen LogP contribution >= 0.6 is 11.6 Å². The predicted molar refractivity (Wildman–Crippen MR) is 56.4 cm³/mol. The third kappa shape index (κ3) is 1.85. The molecule has 0 aromatic carbocycles. The molecule has 0 amide bonds. The molecule has 84 valence electrons. The maximum absolute atomic E-state index is 11.5. The van der Waals surface area contributed by atoms with Crippen LogP contribution in [0.3, 0.4) is 0 Å². The number of aromatic amines is 1. The van der Waals surface area contributed by atoms with E-state index in [9.17, 15) is 4.79 Å². The second kappa shape index (κ2) is 4.09. The topological polar surface area (TPSA) is 91.1 Å². The Morgan fingerprint density at radius 1 is 1.50 bits per heavy atom. The van der Waals surface area contributed by atoms with Crippen LogP contribution in [0.25, 0.3) is 5.82 Å². The van der Waals surface area contributed by atoms with Gasteiger partial charge in [0.15, 0.2) is 12.1 Å². The highest BCUT2D eigenvalue weighted by Crippen LogP contribution is 2.15. The number of aliphatic hydroxyl groups is 2. The molecule has 0 saturated heterocycles. The van der Waals surface area contributed by atoms with Crippen LogP contribution in [0.4, 0.5) is 0 Å². The maximum atomic E-state index is 11.5. The summed E-state index contributed by atoms with van der Waals surface area (Å²) in [6, 6.07) is 4.27. The van der Waals surface area contributed by atoms with Crippen molar-refractivity contribution in [2.45, 2.75) is 6.29 Å². The van der Waals surface area contributed by atoms with Crippen LogP contribution in [-0.2, 0) is 0 Å². The van der Waals surface area contributed by atoms with Crippen LogP contribution in [0.15, 0.2) is 29.2 Å². The molecule has 2 aromatic rings. The van der Waals surface area contributed by atoms with Crippen molar-refractivity contribution in [1.29, 1.82) is 0 Å². The third-order valence-corrected chi connectivity index (χ3v) is 2.26. The molecule has 0 unspecified atom stereocenters. The first kappa shape index (κ1) is 10.9. The SMILES string of the molecule is O=c1cc(C(O)O)[nH]n1-c1ncccc1Cl. The summed E-state index contributed by atoms with van der Waals surface area (Å²) in [4.78, 5) is 15.4. The predicted octanol–water partition coefficient (Wildman–Crippen LogP) is 0.197. The summed E-state index contributed by atoms with van der Waals surface area (Å²) < 4.78 is 1.04. The average Bonchev–Trinajstić information content (AvgIpc) is 2.61. The maximum Gasteiger partial charge on any atom is 0.273 e. The number of hydrogen-bond donors (Lipinski definition) is 3. The van der Waals surface area contributed by atoms with E-state index in [2.05, 4.69) is 10.1 Å². The summed E-state index contributed by atoms with van der Waals surface area (Å²) in [6.45, 7) is 0. The molecule has 2 rings (SSSR count). The molecule has 0 spiro atoms. The van der Waals surface area contributed by atoms with Gasteiger partial charge in [0.25, 0.3) is 5.56 Å². The lowest BCUT2D eigenvalue weighted by atomic mass is 10.4. The van der Waals surface area contributed by atoms with Crippen LogP contribution in [0, 0.1) is 0 Å². The van der Waals surface area contributed by atoms with E-state index >= 15 is 0 Å². The van der Waals surface area contributed by atoms with Gasteiger partial charge in [0.2, 0.25) is 0 Å². The van der Waals surface area contributed by atoms with Gasteiger partial charge in [-0.3, -0.25) is 9.89 Å². The molecule has 0 bridgehead atoms. The fourth-order valence-electron chi connectivity index (χ4n) is 1.25. The smallest absolute Gasteiger partial charge is 0.273 e. The first-order valence-corrected chi connectivity index (χ1v) is 4.76. The van der Waals surface area contributed by atoms with Gasteiger partial charge in [-0.2, -0.15) is 4.68 Å². The molecule has 6 nitrogen and oxygen atoms in total. The van der Waals surface area contributed by atoms with Crippen molar-refractivity contribution in [2.24, 2.45) is 0 Å². The summed E-state index contributed by atoms with van der Waals surface area (Å²) in [5.74, 6) is 0.209. The van der Waals surface area contributed by atoms with E-state index in [1.54, 1.807) is 12.1 Å². The molecule has 2 aromatic heterocycles. The highest BCUT2D eigenvalue weighted by molar-refractivity contribution is 6.32. The number of H-pyrrole nitrogens is 1. The third-order valence-electron chi connectivity index (χ3n) is 1.97. The van der Waals surface area contributed by atoms with E-state index in [1.807, 2.05) is 0 Å². The molecule has 16 heavy (non-hydrogen) atoms. The quantitative estimate of drug-likeness (QED) is 0.655. The Bertz CT molecular complexity index is 561. The number of hydrogen-bond acceptors (Lipinski definition) is 4. The Balaban J connectivity index is 2.57. The molecule has 7 heteroatoms. The second-order valence-electron chi connectivity index (χ2n) is 3.07. The van der Waals surface area contributed by atoms with Gasteiger partial charge in [0.1, 0.15) is 0 Å². The minimum Gasteiger partial charge on any atom is -0.363 e. The van der Waals surface area contributed by atoms with Gasteiger partial charge in [-0.05, 0) is 12.1 Å². The van der Waals surface area contributed by atoms with Crippen LogP contribution in [-0.4, -0.2) is 25.0 Å². The number of pyridine rings is 1. The van der Waals surface area contributed by atoms with Gasteiger partial charge in [-0.25, -0.2) is 4.98 Å². The first-order chi connectivity index (χ1) is 7.59. The summed E-state index contributed by atoms with van der Waals surface area (Å²) in [7, 11) is 0. The summed E-state index contributed by atoms with van der Waals surface area (Å²) >= 11 is 5.85. The zero-order chi connectivity index (χ0) is 11.7. The number of aliphatic hydroxyl groups excluding tert-OH is 1. The van der Waals surface area contributed by atoms with E-state index in [0.717, 1.165) is 10.7 Å². The Labute approximate surface area is 94.7 Å². The molecule has 0 radical (unpaired) electrons. The number of nitrogens with zero attached hydrogens (tertiary/aromatic N) is 2. The monoisotopic (exact) mass is 241 g/mol. The first-order valence-electron chi connectivity index (χ1n) is 4.38. The lowest BCUT2D eigenvalue weighted by Gasteiger charge is -2.03. The van der Waals surface area contributed by atoms with E-state index in [0.29, 0.717) is 0 Å². The minimum absolute atomic E-state index is 0.0216. The summed E-state index contributed by atoms with van der Waals surface area (Å²) in [5.41, 5.74) is -0.490. The van der Waals surface area contributed by atoms with Gasteiger partial charge in [-0.15, -0.1) is 0 Å². The molecule has 3 N–H and O–H groups in total. The Morgan fingerprint density at radius 2 is 2.25 bits per heavy atom. The average molecular weight is 242 g/mol. The zero-order valence-electron chi connectivity index (χ0n) is 7.96. The fraction of sp³-hybridized carbons (Fsp3) is 0.111. The number of nitrogens with one attached hydrogen (secondary N) is 1. The van der Waals surface area contributed by atoms with Gasteiger partial charge >= 0.3 is 0 Å². The molecule has 0 aliphatic rings. The Kier molecular flexibility index (Phi) is 2.78. The van der Waals surface area contributed by atoms with Crippen LogP contribution in [0.1, 0.15) is 12.0 Å². The van der Waals surface area contributed by atoms with Gasteiger partial charge < -0.3 is 10.2 Å². The molecule has 0 saturated carbocycles. The van der Waals surface area contributed by atoms with Crippen molar-refractivity contribution in [1.82, 2.24) is 14.8 Å². The largest absolute Gasteiger partial charge is 0.363 e. The number of aromatic nitrogens is 3. The zero-order valence-corrected chi connectivity index (χ0v) is 8.72. The number of halogens is 1. The second-order valence-corrected chi connectivity index (χ2v) is 3.47. The Morgan fingerprint density at radius 3 is 2.81 bits per heavy atom. The molecule has 2 heterocycles. The van der Waals surface area contributed by atoms with E-state index in [1.165, 1.54) is 6.20 Å². The van der Waals surface area contributed by atoms with Crippen molar-refractivity contribution in [3.63, 3.8) is 0 Å². The highest BCUT2D eigenvalue weighted by atomic mass is 35.5. The molecule has 0 aliphatic carbocycles. The van der Waals surface area contributed by atoms with Crippen molar-refractivity contribution in [2.75, 3.05) is 0 Å². The van der Waals surface area contributed by atoms with E-state index in [4.69, 9.17) is 21.8 Å². The van der Waals surface area contributed by atoms with Gasteiger partial charge in [-0.1, -0.05) is 11.6 Å². The van der Waals surface area contributed by atoms with Crippen molar-refractivity contribution < 1.29 is 10.2 Å². The standard InChI is InChI=1S/C9H8ClN3O3/c10-5-2-1-3-11-8(5)13-7(14)4-6(12-13)9(15)16/h1-4,9,12,15-16H. The molecule has 0 atom stereocenters. The minimum atomic E-state index is -1.74. The van der Waals surface area contributed by atoms with Gasteiger partial charge in [0, 0.05) is 12.3 Å². The van der Waals surface area contributed by atoms with Crippen LogP contribution in [0.5, 0.6) is 0 Å². The normalized spacial score (nSPS) is 11.0. The van der Waals surface area contributed by atoms with Crippen LogP contribution in [0.2, 0.25) is 5.02 Å². The van der Waals surface area contributed by atoms with E-state index in [-0.39, 0.29) is 16.5 Å². The van der Waals surface area contributed by atoms with Gasteiger partial charge in [0.05, 0.1) is 10.7 Å². The molecular weight excluding hydrogens is 234 g/mol. The van der Waals surface area contributed by atoms with E-state index < -0.39 is 11.8 Å². The van der Waals surface area contributed by atoms with Crippen molar-refractivity contribution in [3.05, 3.63) is 45.5 Å². The Hall–Kier alpha value is -1.63. The highest BCUT2D eigenvalue weighted by Gasteiger charge is 2.12. The van der Waals surface area contributed by atoms with Crippen molar-refractivity contribution in [3.8, 4) is 5.82 Å². The summed E-state index contributed by atoms with van der Waals surface area (Å²) in [5, 5.41) is 20.6. The lowest BCUT2D eigenvalue weighted by molar-refractivity contribution is -0.0460. The van der Waals surface area contributed by atoms with Crippen molar-refractivity contribution >= 4 is 11.6 Å². The summed E-state index contributed by atoms with van der Waals surface area (Å²) in [6.07, 6.45) is -0.264. The molecular formula is C9H8ClN3O3. The number of rotatable bonds is 2. The fourth-order valence-corrected chi connectivity index (χ4v) is 1.45. The lowest BCUT2D eigenvalue weighted by Crippen LogP contribution is -2.15. The molecule has 0 aliphatic heterocycles. The molecule has 0 fully saturated rings.